The molecule has 3 rings (SSSR count). The molecule has 0 radical (unpaired) electrons. The zero-order chi connectivity index (χ0) is 18.9. The summed E-state index contributed by atoms with van der Waals surface area (Å²) < 4.78 is 4.99. The topological polar surface area (TPSA) is 79.4 Å². The molecule has 0 saturated carbocycles. The van der Waals surface area contributed by atoms with E-state index in [-0.39, 0.29) is 5.91 Å². The van der Waals surface area contributed by atoms with Gasteiger partial charge in [-0.25, -0.2) is 9.97 Å². The van der Waals surface area contributed by atoms with Crippen LogP contribution in [0.25, 0.3) is 0 Å². The van der Waals surface area contributed by atoms with E-state index >= 15 is 0 Å². The number of amides is 1. The molecular weight excluding hydrogens is 342 g/mol. The Labute approximate surface area is 160 Å². The minimum Gasteiger partial charge on any atom is -0.385 e. The largest absolute Gasteiger partial charge is 0.385 e. The second-order valence-corrected chi connectivity index (χ2v) is 6.62. The van der Waals surface area contributed by atoms with Crippen molar-refractivity contribution in [2.45, 2.75) is 25.7 Å². The Hall–Kier alpha value is -2.67. The third-order valence-corrected chi connectivity index (χ3v) is 4.57. The molecule has 1 aromatic carbocycles. The monoisotopic (exact) mass is 369 g/mol. The number of nitrogens with one attached hydrogen (secondary N) is 2. The van der Waals surface area contributed by atoms with E-state index in [9.17, 15) is 4.79 Å². The normalized spacial score (nSPS) is 14.0. The Morgan fingerprint density at radius 2 is 1.81 bits per heavy atom. The van der Waals surface area contributed by atoms with Crippen LogP contribution in [0.15, 0.2) is 36.7 Å². The van der Waals surface area contributed by atoms with Gasteiger partial charge in [-0.1, -0.05) is 0 Å². The second-order valence-electron chi connectivity index (χ2n) is 6.62. The molecule has 2 aromatic rings. The number of nitrogens with zero attached hydrogens (tertiary/aromatic N) is 3. The van der Waals surface area contributed by atoms with E-state index in [2.05, 4.69) is 37.6 Å². The van der Waals surface area contributed by atoms with Crippen LogP contribution in [0.5, 0.6) is 0 Å². The van der Waals surface area contributed by atoms with Gasteiger partial charge in [0, 0.05) is 57.1 Å². The highest BCUT2D eigenvalue weighted by molar-refractivity contribution is 6.03. The first-order valence-electron chi connectivity index (χ1n) is 9.47. The molecule has 0 bridgehead atoms. The van der Waals surface area contributed by atoms with Crippen molar-refractivity contribution < 1.29 is 9.53 Å². The first-order chi connectivity index (χ1) is 13.3. The first-order valence-corrected chi connectivity index (χ1v) is 9.47. The summed E-state index contributed by atoms with van der Waals surface area (Å²) in [5.41, 5.74) is 2.40. The van der Waals surface area contributed by atoms with Crippen molar-refractivity contribution in [2.24, 2.45) is 0 Å². The lowest BCUT2D eigenvalue weighted by molar-refractivity contribution is 0.102. The molecule has 0 atom stereocenters. The highest BCUT2D eigenvalue weighted by Crippen LogP contribution is 2.22. The average Bonchev–Trinajstić information content (AvgIpc) is 2.73. The number of carbonyl (C=O) groups excluding carboxylic acids is 1. The van der Waals surface area contributed by atoms with E-state index < -0.39 is 0 Å². The lowest BCUT2D eigenvalue weighted by Gasteiger charge is -2.28. The average molecular weight is 369 g/mol. The summed E-state index contributed by atoms with van der Waals surface area (Å²) in [5, 5.41) is 5.99. The van der Waals surface area contributed by atoms with Gasteiger partial charge in [-0.15, -0.1) is 0 Å². The van der Waals surface area contributed by atoms with Gasteiger partial charge in [0.2, 0.25) is 5.95 Å². The molecule has 2 N–H and O–H groups in total. The summed E-state index contributed by atoms with van der Waals surface area (Å²) in [4.78, 5) is 23.1. The Morgan fingerprint density at radius 1 is 1.11 bits per heavy atom. The summed E-state index contributed by atoms with van der Waals surface area (Å²) in [6.07, 6.45) is 7.74. The molecule has 1 amide bonds. The highest BCUT2D eigenvalue weighted by atomic mass is 16.5. The van der Waals surface area contributed by atoms with Crippen LogP contribution in [0, 0.1) is 0 Å². The van der Waals surface area contributed by atoms with E-state index in [1.165, 1.54) is 37.3 Å². The molecule has 0 unspecified atom stereocenters. The zero-order valence-corrected chi connectivity index (χ0v) is 15.8. The summed E-state index contributed by atoms with van der Waals surface area (Å²) in [5.74, 6) is 0.292. The van der Waals surface area contributed by atoms with E-state index in [1.807, 2.05) is 12.1 Å². The molecule has 0 spiro atoms. The predicted octanol–water partition coefficient (Wildman–Crippen LogP) is 3.17. The lowest BCUT2D eigenvalue weighted by atomic mass is 10.1. The Balaban J connectivity index is 1.52. The quantitative estimate of drug-likeness (QED) is 0.696. The summed E-state index contributed by atoms with van der Waals surface area (Å²) in [7, 11) is 1.67. The molecule has 0 aliphatic carbocycles. The van der Waals surface area contributed by atoms with Crippen LogP contribution in [-0.2, 0) is 4.74 Å². The standard InChI is InChI=1S/C20H27N5O2/c1-27-13-5-10-21-20-22-14-16(15-23-20)19(26)24-17-6-8-18(9-7-17)25-11-3-2-4-12-25/h6-9,14-15H,2-5,10-13H2,1H3,(H,24,26)(H,21,22,23). The van der Waals surface area contributed by atoms with Gasteiger partial charge < -0.3 is 20.3 Å². The van der Waals surface area contributed by atoms with Gasteiger partial charge >= 0.3 is 0 Å². The summed E-state index contributed by atoms with van der Waals surface area (Å²) in [6, 6.07) is 8.00. The molecule has 27 heavy (non-hydrogen) atoms. The number of benzene rings is 1. The number of hydrogen-bond acceptors (Lipinski definition) is 6. The summed E-state index contributed by atoms with van der Waals surface area (Å²) in [6.45, 7) is 3.62. The Bertz CT molecular complexity index is 712. The smallest absolute Gasteiger partial charge is 0.258 e. The minimum absolute atomic E-state index is 0.216. The maximum Gasteiger partial charge on any atom is 0.258 e. The predicted molar refractivity (Wildman–Crippen MR) is 107 cm³/mol. The van der Waals surface area contributed by atoms with Crippen molar-refractivity contribution in [3.8, 4) is 0 Å². The van der Waals surface area contributed by atoms with Crippen LogP contribution in [0.2, 0.25) is 0 Å². The maximum atomic E-state index is 12.4. The zero-order valence-electron chi connectivity index (χ0n) is 15.8. The van der Waals surface area contributed by atoms with Crippen LogP contribution in [0.1, 0.15) is 36.0 Å². The van der Waals surface area contributed by atoms with E-state index in [0.29, 0.717) is 18.1 Å². The molecule has 1 aliphatic rings. The lowest BCUT2D eigenvalue weighted by Crippen LogP contribution is -2.29. The van der Waals surface area contributed by atoms with Crippen LogP contribution in [0.4, 0.5) is 17.3 Å². The number of rotatable bonds is 8. The molecule has 1 saturated heterocycles. The number of anilines is 3. The number of piperidine rings is 1. The fraction of sp³-hybridized carbons (Fsp3) is 0.450. The van der Waals surface area contributed by atoms with Gasteiger partial charge in [0.05, 0.1) is 5.56 Å². The number of methoxy groups -OCH3 is 1. The van der Waals surface area contributed by atoms with E-state index in [4.69, 9.17) is 4.74 Å². The fourth-order valence-electron chi connectivity index (χ4n) is 3.06. The van der Waals surface area contributed by atoms with Crippen molar-refractivity contribution >= 4 is 23.2 Å². The van der Waals surface area contributed by atoms with Crippen LogP contribution >= 0.6 is 0 Å². The van der Waals surface area contributed by atoms with E-state index in [0.717, 1.165) is 31.7 Å². The van der Waals surface area contributed by atoms with Crippen molar-refractivity contribution in [1.82, 2.24) is 9.97 Å². The highest BCUT2D eigenvalue weighted by Gasteiger charge is 2.12. The molecule has 7 heteroatoms. The second kappa shape index (κ2) is 9.87. The number of aromatic nitrogens is 2. The third kappa shape index (κ3) is 5.65. The van der Waals surface area contributed by atoms with Crippen LogP contribution in [-0.4, -0.2) is 49.2 Å². The molecule has 2 heterocycles. The van der Waals surface area contributed by atoms with Crippen LogP contribution < -0.4 is 15.5 Å². The maximum absolute atomic E-state index is 12.4. The van der Waals surface area contributed by atoms with Gasteiger partial charge in [-0.2, -0.15) is 0 Å². The number of ether oxygens (including phenoxy) is 1. The fourth-order valence-corrected chi connectivity index (χ4v) is 3.06. The molecule has 1 fully saturated rings. The van der Waals surface area contributed by atoms with Gasteiger partial charge in [0.1, 0.15) is 0 Å². The minimum atomic E-state index is -0.216. The Kier molecular flexibility index (Phi) is 6.98. The van der Waals surface area contributed by atoms with Crippen LogP contribution in [0.3, 0.4) is 0 Å². The number of carbonyl (C=O) groups is 1. The molecular formula is C20H27N5O2. The third-order valence-electron chi connectivity index (χ3n) is 4.57. The van der Waals surface area contributed by atoms with Crippen molar-refractivity contribution in [1.29, 1.82) is 0 Å². The van der Waals surface area contributed by atoms with E-state index in [1.54, 1.807) is 7.11 Å². The molecule has 1 aromatic heterocycles. The van der Waals surface area contributed by atoms with Gasteiger partial charge in [0.15, 0.2) is 0 Å². The van der Waals surface area contributed by atoms with Crippen molar-refractivity contribution in [3.05, 3.63) is 42.2 Å². The van der Waals surface area contributed by atoms with Crippen molar-refractivity contribution in [3.63, 3.8) is 0 Å². The SMILES string of the molecule is COCCCNc1ncc(C(=O)Nc2ccc(N3CCCCC3)cc2)cn1. The van der Waals surface area contributed by atoms with Gasteiger partial charge in [-0.05, 0) is 49.9 Å². The van der Waals surface area contributed by atoms with Crippen molar-refractivity contribution in [2.75, 3.05) is 48.9 Å². The first kappa shape index (κ1) is 19.1. The van der Waals surface area contributed by atoms with Gasteiger partial charge in [-0.3, -0.25) is 4.79 Å². The Morgan fingerprint density at radius 3 is 2.48 bits per heavy atom. The number of hydrogen-bond donors (Lipinski definition) is 2. The molecule has 1 aliphatic heterocycles. The summed E-state index contributed by atoms with van der Waals surface area (Å²) >= 11 is 0. The molecule has 7 nitrogen and oxygen atoms in total. The van der Waals surface area contributed by atoms with Gasteiger partial charge in [0.25, 0.3) is 5.91 Å². The molecule has 144 valence electrons.